The number of carbonyl (C=O) groups is 2. The molecule has 114 valence electrons. The predicted molar refractivity (Wildman–Crippen MR) is 81.0 cm³/mol. The van der Waals surface area contributed by atoms with Crippen molar-refractivity contribution in [3.8, 4) is 0 Å². The van der Waals surface area contributed by atoms with Gasteiger partial charge in [-0.05, 0) is 30.9 Å². The number of rotatable bonds is 4. The van der Waals surface area contributed by atoms with Gasteiger partial charge in [-0.1, -0.05) is 32.0 Å². The van der Waals surface area contributed by atoms with Gasteiger partial charge in [0, 0.05) is 12.2 Å². The highest BCUT2D eigenvalue weighted by Gasteiger charge is 2.35. The van der Waals surface area contributed by atoms with E-state index < -0.39 is 12.1 Å². The molecule has 5 heteroatoms. The van der Waals surface area contributed by atoms with Crippen molar-refractivity contribution in [3.63, 3.8) is 0 Å². The molecule has 2 amide bonds. The Morgan fingerprint density at radius 3 is 2.71 bits per heavy atom. The van der Waals surface area contributed by atoms with E-state index in [4.69, 9.17) is 4.74 Å². The van der Waals surface area contributed by atoms with Gasteiger partial charge in [0.15, 0.2) is 0 Å². The largest absolute Gasteiger partial charge is 0.449 e. The van der Waals surface area contributed by atoms with E-state index in [1.165, 1.54) is 4.90 Å². The van der Waals surface area contributed by atoms with Crippen molar-refractivity contribution < 1.29 is 14.3 Å². The molecule has 0 radical (unpaired) electrons. The number of para-hydroxylation sites is 1. The summed E-state index contributed by atoms with van der Waals surface area (Å²) >= 11 is 0. The molecule has 1 N–H and O–H groups in total. The van der Waals surface area contributed by atoms with Crippen molar-refractivity contribution >= 4 is 17.7 Å². The number of likely N-dealkylation sites (tertiary alicyclic amines) is 1. The molecule has 1 aromatic carbocycles. The summed E-state index contributed by atoms with van der Waals surface area (Å²) in [4.78, 5) is 25.9. The number of nitrogens with one attached hydrogen (secondary N) is 1. The average molecular weight is 290 g/mol. The van der Waals surface area contributed by atoms with Crippen LogP contribution in [-0.2, 0) is 9.53 Å². The van der Waals surface area contributed by atoms with E-state index in [9.17, 15) is 9.59 Å². The maximum absolute atomic E-state index is 12.3. The van der Waals surface area contributed by atoms with Crippen molar-refractivity contribution in [3.05, 3.63) is 30.3 Å². The van der Waals surface area contributed by atoms with Crippen LogP contribution in [0.25, 0.3) is 0 Å². The number of carbonyl (C=O) groups excluding carboxylic acids is 2. The molecule has 1 aliphatic heterocycles. The van der Waals surface area contributed by atoms with E-state index in [1.807, 2.05) is 44.2 Å². The zero-order valence-corrected chi connectivity index (χ0v) is 12.5. The van der Waals surface area contributed by atoms with Gasteiger partial charge in [0.25, 0.3) is 0 Å². The lowest BCUT2D eigenvalue weighted by atomic mass is 10.2. The molecule has 1 unspecified atom stereocenters. The Balaban J connectivity index is 1.94. The van der Waals surface area contributed by atoms with Crippen molar-refractivity contribution in [1.29, 1.82) is 0 Å². The highest BCUT2D eigenvalue weighted by molar-refractivity contribution is 5.96. The van der Waals surface area contributed by atoms with Gasteiger partial charge < -0.3 is 10.1 Å². The second kappa shape index (κ2) is 7.11. The summed E-state index contributed by atoms with van der Waals surface area (Å²) in [6.45, 7) is 4.92. The Morgan fingerprint density at radius 1 is 1.33 bits per heavy atom. The second-order valence-corrected chi connectivity index (χ2v) is 5.68. The molecule has 1 saturated heterocycles. The summed E-state index contributed by atoms with van der Waals surface area (Å²) in [5.74, 6) is 0.133. The van der Waals surface area contributed by atoms with E-state index in [-0.39, 0.29) is 11.8 Å². The lowest BCUT2D eigenvalue weighted by molar-refractivity contribution is -0.120. The van der Waals surface area contributed by atoms with Gasteiger partial charge in [-0.2, -0.15) is 0 Å². The minimum atomic E-state index is -0.440. The van der Waals surface area contributed by atoms with Gasteiger partial charge in [0.2, 0.25) is 5.91 Å². The first-order valence-electron chi connectivity index (χ1n) is 7.37. The predicted octanol–water partition coefficient (Wildman–Crippen LogP) is 2.88. The van der Waals surface area contributed by atoms with Crippen LogP contribution in [0.3, 0.4) is 0 Å². The van der Waals surface area contributed by atoms with Crippen molar-refractivity contribution in [2.24, 2.45) is 5.92 Å². The second-order valence-electron chi connectivity index (χ2n) is 5.68. The molecular weight excluding hydrogens is 268 g/mol. The van der Waals surface area contributed by atoms with E-state index >= 15 is 0 Å². The van der Waals surface area contributed by atoms with E-state index in [2.05, 4.69) is 5.32 Å². The fourth-order valence-electron chi connectivity index (χ4n) is 2.33. The summed E-state index contributed by atoms with van der Waals surface area (Å²) in [7, 11) is 0. The lowest BCUT2D eigenvalue weighted by Crippen LogP contribution is -2.43. The van der Waals surface area contributed by atoms with Crippen LogP contribution < -0.4 is 5.32 Å². The summed E-state index contributed by atoms with van der Waals surface area (Å²) in [5.41, 5.74) is 0.741. The maximum atomic E-state index is 12.3. The van der Waals surface area contributed by atoms with Crippen molar-refractivity contribution in [2.75, 3.05) is 18.5 Å². The molecule has 21 heavy (non-hydrogen) atoms. The molecule has 0 aromatic heterocycles. The Labute approximate surface area is 125 Å². The SMILES string of the molecule is CC(C)COC(=O)N1CCCC1C(=O)Nc1ccccc1. The molecule has 1 heterocycles. The number of hydrogen-bond acceptors (Lipinski definition) is 3. The molecule has 0 aliphatic carbocycles. The Morgan fingerprint density at radius 2 is 2.05 bits per heavy atom. The van der Waals surface area contributed by atoms with Crippen LogP contribution in [0.15, 0.2) is 30.3 Å². The first kappa shape index (κ1) is 15.4. The minimum absolute atomic E-state index is 0.153. The Bertz CT molecular complexity index is 488. The van der Waals surface area contributed by atoms with Crippen LogP contribution in [0.1, 0.15) is 26.7 Å². The summed E-state index contributed by atoms with van der Waals surface area (Å²) in [6.07, 6.45) is 1.11. The first-order chi connectivity index (χ1) is 10.1. The van der Waals surface area contributed by atoms with Crippen LogP contribution in [0.4, 0.5) is 10.5 Å². The first-order valence-corrected chi connectivity index (χ1v) is 7.37. The normalized spacial score (nSPS) is 17.9. The quantitative estimate of drug-likeness (QED) is 0.927. The fraction of sp³-hybridized carbons (Fsp3) is 0.500. The number of hydrogen-bond donors (Lipinski definition) is 1. The molecule has 1 aliphatic rings. The van der Waals surface area contributed by atoms with Crippen LogP contribution in [0, 0.1) is 5.92 Å². The molecule has 0 bridgehead atoms. The van der Waals surface area contributed by atoms with Gasteiger partial charge in [0.1, 0.15) is 6.04 Å². The van der Waals surface area contributed by atoms with Gasteiger partial charge in [-0.25, -0.2) is 4.79 Å². The standard InChI is InChI=1S/C16H22N2O3/c1-12(2)11-21-16(20)18-10-6-9-14(18)15(19)17-13-7-4-3-5-8-13/h3-5,7-8,12,14H,6,9-11H2,1-2H3,(H,17,19). The third-order valence-corrected chi connectivity index (χ3v) is 3.37. The van der Waals surface area contributed by atoms with Gasteiger partial charge in [0.05, 0.1) is 6.61 Å². The molecule has 1 fully saturated rings. The zero-order chi connectivity index (χ0) is 15.2. The number of amides is 2. The molecule has 2 rings (SSSR count). The van der Waals surface area contributed by atoms with Crippen LogP contribution in [0.5, 0.6) is 0 Å². The van der Waals surface area contributed by atoms with Crippen molar-refractivity contribution in [2.45, 2.75) is 32.7 Å². The summed E-state index contributed by atoms with van der Waals surface area (Å²) in [5, 5.41) is 2.85. The number of ether oxygens (including phenoxy) is 1. The molecule has 1 atom stereocenters. The molecule has 1 aromatic rings. The average Bonchev–Trinajstić information content (AvgIpc) is 2.95. The fourth-order valence-corrected chi connectivity index (χ4v) is 2.33. The topological polar surface area (TPSA) is 58.6 Å². The third kappa shape index (κ3) is 4.21. The van der Waals surface area contributed by atoms with E-state index in [0.717, 1.165) is 12.1 Å². The number of benzene rings is 1. The van der Waals surface area contributed by atoms with E-state index in [0.29, 0.717) is 19.6 Å². The van der Waals surface area contributed by atoms with Gasteiger partial charge >= 0.3 is 6.09 Å². The molecule has 5 nitrogen and oxygen atoms in total. The summed E-state index contributed by atoms with van der Waals surface area (Å²) in [6, 6.07) is 8.83. The Hall–Kier alpha value is -2.04. The molecular formula is C16H22N2O3. The van der Waals surface area contributed by atoms with Gasteiger partial charge in [-0.3, -0.25) is 9.69 Å². The monoisotopic (exact) mass is 290 g/mol. The van der Waals surface area contributed by atoms with Crippen LogP contribution in [-0.4, -0.2) is 36.1 Å². The zero-order valence-electron chi connectivity index (χ0n) is 12.5. The summed E-state index contributed by atoms with van der Waals surface area (Å²) < 4.78 is 5.22. The highest BCUT2D eigenvalue weighted by Crippen LogP contribution is 2.20. The van der Waals surface area contributed by atoms with Crippen LogP contribution >= 0.6 is 0 Å². The minimum Gasteiger partial charge on any atom is -0.449 e. The lowest BCUT2D eigenvalue weighted by Gasteiger charge is -2.23. The number of anilines is 1. The Kier molecular flexibility index (Phi) is 5.20. The highest BCUT2D eigenvalue weighted by atomic mass is 16.6. The third-order valence-electron chi connectivity index (χ3n) is 3.37. The number of nitrogens with zero attached hydrogens (tertiary/aromatic N) is 1. The van der Waals surface area contributed by atoms with Gasteiger partial charge in [-0.15, -0.1) is 0 Å². The molecule has 0 saturated carbocycles. The van der Waals surface area contributed by atoms with Crippen molar-refractivity contribution in [1.82, 2.24) is 4.90 Å². The molecule has 0 spiro atoms. The van der Waals surface area contributed by atoms with E-state index in [1.54, 1.807) is 0 Å². The van der Waals surface area contributed by atoms with Crippen LogP contribution in [0.2, 0.25) is 0 Å². The smallest absolute Gasteiger partial charge is 0.410 e. The maximum Gasteiger partial charge on any atom is 0.410 e.